The molecular formula is C21H29ClN4O. The number of carbonyl (C=O) groups is 1. The van der Waals surface area contributed by atoms with Crippen molar-refractivity contribution in [2.24, 2.45) is 5.92 Å². The van der Waals surface area contributed by atoms with Crippen LogP contribution in [0.2, 0.25) is 5.02 Å². The Bertz CT molecular complexity index is 809. The Morgan fingerprint density at radius 1 is 1.19 bits per heavy atom. The van der Waals surface area contributed by atoms with Crippen LogP contribution in [-0.4, -0.2) is 51.7 Å². The van der Waals surface area contributed by atoms with Crippen molar-refractivity contribution < 1.29 is 4.79 Å². The Labute approximate surface area is 166 Å². The fourth-order valence-corrected chi connectivity index (χ4v) is 3.83. The molecule has 0 N–H and O–H groups in total. The van der Waals surface area contributed by atoms with Crippen LogP contribution in [0.1, 0.15) is 29.4 Å². The van der Waals surface area contributed by atoms with E-state index in [1.165, 1.54) is 11.1 Å². The average molecular weight is 389 g/mol. The molecule has 0 spiro atoms. The van der Waals surface area contributed by atoms with Gasteiger partial charge in [0.15, 0.2) is 0 Å². The zero-order chi connectivity index (χ0) is 19.6. The Balaban J connectivity index is 1.52. The van der Waals surface area contributed by atoms with Crippen LogP contribution < -0.4 is 0 Å². The first kappa shape index (κ1) is 19.9. The van der Waals surface area contributed by atoms with Crippen LogP contribution in [0.15, 0.2) is 24.3 Å². The van der Waals surface area contributed by atoms with Gasteiger partial charge in [0, 0.05) is 32.7 Å². The predicted octanol–water partition coefficient (Wildman–Crippen LogP) is 3.44. The van der Waals surface area contributed by atoms with E-state index in [4.69, 9.17) is 11.6 Å². The molecule has 1 aromatic carbocycles. The first-order valence-corrected chi connectivity index (χ1v) is 9.99. The van der Waals surface area contributed by atoms with Crippen LogP contribution in [0, 0.1) is 26.7 Å². The van der Waals surface area contributed by atoms with Crippen LogP contribution in [0.5, 0.6) is 0 Å². The van der Waals surface area contributed by atoms with Gasteiger partial charge in [0.05, 0.1) is 28.9 Å². The Morgan fingerprint density at radius 2 is 1.89 bits per heavy atom. The third kappa shape index (κ3) is 4.71. The van der Waals surface area contributed by atoms with Crippen LogP contribution in [-0.2, 0) is 17.9 Å². The quantitative estimate of drug-likeness (QED) is 0.787. The number of hydrogen-bond donors (Lipinski definition) is 0. The molecule has 1 aromatic heterocycles. The average Bonchev–Trinajstić information content (AvgIpc) is 2.88. The van der Waals surface area contributed by atoms with Crippen molar-refractivity contribution in [2.75, 3.05) is 26.2 Å². The monoisotopic (exact) mass is 388 g/mol. The second kappa shape index (κ2) is 8.44. The van der Waals surface area contributed by atoms with E-state index in [1.54, 1.807) is 0 Å². The molecule has 1 saturated heterocycles. The van der Waals surface area contributed by atoms with Gasteiger partial charge in [-0.25, -0.2) is 0 Å². The molecule has 27 heavy (non-hydrogen) atoms. The maximum atomic E-state index is 12.8. The number of carbonyl (C=O) groups excluding carboxylic acids is 1. The number of piperazine rings is 1. The van der Waals surface area contributed by atoms with Gasteiger partial charge in [0.25, 0.3) is 0 Å². The Morgan fingerprint density at radius 3 is 2.48 bits per heavy atom. The van der Waals surface area contributed by atoms with E-state index in [0.29, 0.717) is 11.6 Å². The van der Waals surface area contributed by atoms with Crippen LogP contribution in [0.25, 0.3) is 0 Å². The van der Waals surface area contributed by atoms with E-state index in [0.717, 1.165) is 44.1 Å². The maximum absolute atomic E-state index is 12.8. The second-order valence-electron chi connectivity index (χ2n) is 7.66. The Kier molecular flexibility index (Phi) is 6.22. The van der Waals surface area contributed by atoms with E-state index >= 15 is 0 Å². The number of aryl methyl sites for hydroxylation is 2. The van der Waals surface area contributed by atoms with Gasteiger partial charge < -0.3 is 4.90 Å². The summed E-state index contributed by atoms with van der Waals surface area (Å²) < 4.78 is 1.86. The standard InChI is InChI=1S/C21H29ClN4O/c1-15-6-5-7-19(12-15)14-24-8-10-25(11-9-24)21(27)16(2)13-26-18(4)20(22)17(3)23-26/h5-7,12,16H,8-11,13-14H2,1-4H3. The molecule has 1 unspecified atom stereocenters. The highest BCUT2D eigenvalue weighted by molar-refractivity contribution is 6.31. The molecular weight excluding hydrogens is 360 g/mol. The largest absolute Gasteiger partial charge is 0.340 e. The van der Waals surface area contributed by atoms with Gasteiger partial charge in [-0.15, -0.1) is 0 Å². The zero-order valence-electron chi connectivity index (χ0n) is 16.7. The molecule has 5 nitrogen and oxygen atoms in total. The summed E-state index contributed by atoms with van der Waals surface area (Å²) in [6.45, 7) is 12.9. The third-order valence-electron chi connectivity index (χ3n) is 5.33. The van der Waals surface area contributed by atoms with Crippen molar-refractivity contribution in [3.63, 3.8) is 0 Å². The third-order valence-corrected chi connectivity index (χ3v) is 5.88. The molecule has 0 saturated carbocycles. The second-order valence-corrected chi connectivity index (χ2v) is 8.04. The molecule has 146 valence electrons. The fourth-order valence-electron chi connectivity index (χ4n) is 3.70. The van der Waals surface area contributed by atoms with E-state index in [2.05, 4.69) is 41.2 Å². The molecule has 2 heterocycles. The van der Waals surface area contributed by atoms with Crippen LogP contribution in [0.3, 0.4) is 0 Å². The van der Waals surface area contributed by atoms with Gasteiger partial charge in [-0.1, -0.05) is 48.4 Å². The number of aromatic nitrogens is 2. The molecule has 1 aliphatic rings. The summed E-state index contributed by atoms with van der Waals surface area (Å²) in [5.74, 6) is 0.0938. The normalized spacial score (nSPS) is 16.6. The minimum absolute atomic E-state index is 0.109. The number of halogens is 1. The molecule has 1 amide bonds. The fraction of sp³-hybridized carbons (Fsp3) is 0.524. The highest BCUT2D eigenvalue weighted by atomic mass is 35.5. The summed E-state index contributed by atoms with van der Waals surface area (Å²) in [6.07, 6.45) is 0. The topological polar surface area (TPSA) is 41.4 Å². The number of amides is 1. The smallest absolute Gasteiger partial charge is 0.227 e. The molecule has 1 aliphatic heterocycles. The van der Waals surface area contributed by atoms with E-state index < -0.39 is 0 Å². The summed E-state index contributed by atoms with van der Waals surface area (Å²) in [7, 11) is 0. The van der Waals surface area contributed by atoms with Gasteiger partial charge in [-0.3, -0.25) is 14.4 Å². The molecule has 0 bridgehead atoms. The van der Waals surface area contributed by atoms with Gasteiger partial charge in [-0.2, -0.15) is 5.10 Å². The highest BCUT2D eigenvalue weighted by Crippen LogP contribution is 2.20. The summed E-state index contributed by atoms with van der Waals surface area (Å²) in [5.41, 5.74) is 4.37. The van der Waals surface area contributed by atoms with Gasteiger partial charge in [0.2, 0.25) is 5.91 Å². The lowest BCUT2D eigenvalue weighted by Crippen LogP contribution is -2.50. The molecule has 0 radical (unpaired) electrons. The number of hydrogen-bond acceptors (Lipinski definition) is 3. The summed E-state index contributed by atoms with van der Waals surface area (Å²) in [4.78, 5) is 17.3. The minimum atomic E-state index is -0.109. The molecule has 2 aromatic rings. The van der Waals surface area contributed by atoms with E-state index in [-0.39, 0.29) is 11.8 Å². The molecule has 3 rings (SSSR count). The predicted molar refractivity (Wildman–Crippen MR) is 109 cm³/mol. The molecule has 1 atom stereocenters. The zero-order valence-corrected chi connectivity index (χ0v) is 17.5. The molecule has 6 heteroatoms. The number of rotatable bonds is 5. The van der Waals surface area contributed by atoms with Crippen molar-refractivity contribution >= 4 is 17.5 Å². The highest BCUT2D eigenvalue weighted by Gasteiger charge is 2.26. The van der Waals surface area contributed by atoms with Gasteiger partial charge >= 0.3 is 0 Å². The summed E-state index contributed by atoms with van der Waals surface area (Å²) in [5, 5.41) is 5.14. The van der Waals surface area contributed by atoms with Gasteiger partial charge in [0.1, 0.15) is 0 Å². The lowest BCUT2D eigenvalue weighted by atomic mass is 10.1. The maximum Gasteiger partial charge on any atom is 0.227 e. The lowest BCUT2D eigenvalue weighted by Gasteiger charge is -2.36. The Hall–Kier alpha value is -1.85. The van der Waals surface area contributed by atoms with E-state index in [1.807, 2.05) is 30.4 Å². The van der Waals surface area contributed by atoms with Crippen LogP contribution in [0.4, 0.5) is 0 Å². The van der Waals surface area contributed by atoms with E-state index in [9.17, 15) is 4.79 Å². The summed E-state index contributed by atoms with van der Waals surface area (Å²) in [6, 6.07) is 8.64. The first-order chi connectivity index (χ1) is 12.8. The van der Waals surface area contributed by atoms with Crippen molar-refractivity contribution in [3.8, 4) is 0 Å². The van der Waals surface area contributed by atoms with Crippen LogP contribution >= 0.6 is 11.6 Å². The minimum Gasteiger partial charge on any atom is -0.340 e. The summed E-state index contributed by atoms with van der Waals surface area (Å²) >= 11 is 6.22. The molecule has 0 aliphatic carbocycles. The van der Waals surface area contributed by atoms with Crippen molar-refractivity contribution in [1.29, 1.82) is 0 Å². The first-order valence-electron chi connectivity index (χ1n) is 9.61. The lowest BCUT2D eigenvalue weighted by molar-refractivity contribution is -0.137. The molecule has 1 fully saturated rings. The van der Waals surface area contributed by atoms with Crippen molar-refractivity contribution in [2.45, 2.75) is 40.8 Å². The SMILES string of the molecule is Cc1cccc(CN2CCN(C(=O)C(C)Cn3nc(C)c(Cl)c3C)CC2)c1. The number of nitrogens with zero attached hydrogens (tertiary/aromatic N) is 4. The van der Waals surface area contributed by atoms with Crippen molar-refractivity contribution in [3.05, 3.63) is 51.8 Å². The van der Waals surface area contributed by atoms with Gasteiger partial charge in [-0.05, 0) is 26.3 Å². The number of benzene rings is 1. The van der Waals surface area contributed by atoms with Crippen molar-refractivity contribution in [1.82, 2.24) is 19.6 Å².